The Morgan fingerprint density at radius 2 is 1.87 bits per heavy atom. The Bertz CT molecular complexity index is 1050. The molecule has 1 N–H and O–H groups in total. The number of hydrogen-bond acceptors (Lipinski definition) is 3. The lowest BCUT2D eigenvalue weighted by molar-refractivity contribution is 0.0703. The number of fused-ring (bicyclic) bond motifs is 3. The fraction of sp³-hybridized carbons (Fsp3) is 0.0526. The van der Waals surface area contributed by atoms with Gasteiger partial charge >= 0.3 is 5.97 Å². The quantitative estimate of drug-likeness (QED) is 0.557. The average Bonchev–Trinajstić information content (AvgIpc) is 2.96. The van der Waals surface area contributed by atoms with Crippen LogP contribution in [0.2, 0.25) is 0 Å². The topological polar surface area (TPSA) is 50.2 Å². The van der Waals surface area contributed by atoms with Gasteiger partial charge in [0.05, 0.1) is 5.52 Å². The molecule has 0 atom stereocenters. The van der Waals surface area contributed by atoms with E-state index >= 15 is 0 Å². The molecule has 0 aliphatic heterocycles. The van der Waals surface area contributed by atoms with Crippen molar-refractivity contribution in [3.8, 4) is 11.1 Å². The lowest BCUT2D eigenvalue weighted by Gasteiger charge is -2.03. The lowest BCUT2D eigenvalue weighted by atomic mass is 10.0. The molecule has 0 radical (unpaired) electrons. The third-order valence-corrected chi connectivity index (χ3v) is 5.16. The Balaban J connectivity index is 2.16. The van der Waals surface area contributed by atoms with Gasteiger partial charge in [-0.1, -0.05) is 42.0 Å². The summed E-state index contributed by atoms with van der Waals surface area (Å²) in [5.74, 6) is -0.897. The molecule has 2 heterocycles. The van der Waals surface area contributed by atoms with Gasteiger partial charge in [-0.05, 0) is 24.6 Å². The van der Waals surface area contributed by atoms with Crippen LogP contribution < -0.4 is 0 Å². The van der Waals surface area contributed by atoms with E-state index in [1.165, 1.54) is 11.3 Å². The third kappa shape index (κ3) is 2.19. The van der Waals surface area contributed by atoms with Crippen LogP contribution in [0.3, 0.4) is 0 Å². The minimum atomic E-state index is -0.897. The Morgan fingerprint density at radius 3 is 2.61 bits per heavy atom. The molecule has 0 amide bonds. The van der Waals surface area contributed by atoms with Gasteiger partial charge in [0.1, 0.15) is 4.88 Å². The molecule has 4 heteroatoms. The molecule has 3 nitrogen and oxygen atoms in total. The molecule has 2 aromatic carbocycles. The van der Waals surface area contributed by atoms with Crippen molar-refractivity contribution in [3.63, 3.8) is 0 Å². The van der Waals surface area contributed by atoms with E-state index in [1.54, 1.807) is 6.20 Å². The van der Waals surface area contributed by atoms with Crippen LogP contribution in [0.25, 0.3) is 32.1 Å². The second-order valence-electron chi connectivity index (χ2n) is 5.50. The van der Waals surface area contributed by atoms with Crippen LogP contribution in [0.5, 0.6) is 0 Å². The maximum atomic E-state index is 11.8. The summed E-state index contributed by atoms with van der Waals surface area (Å²) >= 11 is 1.33. The summed E-state index contributed by atoms with van der Waals surface area (Å²) in [6.45, 7) is 2.03. The SMILES string of the molecule is Cc1ccc2ncc3c(-c4ccccc4)c(C(=O)O)sc3c2c1. The third-order valence-electron chi connectivity index (χ3n) is 3.93. The minimum absolute atomic E-state index is 0.363. The van der Waals surface area contributed by atoms with E-state index in [4.69, 9.17) is 0 Å². The van der Waals surface area contributed by atoms with Crippen molar-refractivity contribution in [3.05, 3.63) is 65.2 Å². The number of aryl methyl sites for hydroxylation is 1. The first-order valence-electron chi connectivity index (χ1n) is 7.26. The number of benzene rings is 2. The standard InChI is InChI=1S/C19H13NO2S/c1-11-7-8-15-13(9-11)17-14(10-20-15)16(18(23-17)19(21)22)12-5-3-2-4-6-12/h2-10H,1H3,(H,21,22). The highest BCUT2D eigenvalue weighted by Crippen LogP contribution is 2.41. The summed E-state index contributed by atoms with van der Waals surface area (Å²) in [6.07, 6.45) is 1.79. The molecule has 0 spiro atoms. The molecule has 0 fully saturated rings. The van der Waals surface area contributed by atoms with Crippen molar-refractivity contribution >= 4 is 38.3 Å². The van der Waals surface area contributed by atoms with Crippen LogP contribution in [-0.4, -0.2) is 16.1 Å². The van der Waals surface area contributed by atoms with Crippen molar-refractivity contribution < 1.29 is 9.90 Å². The van der Waals surface area contributed by atoms with Gasteiger partial charge in [0.2, 0.25) is 0 Å². The molecule has 0 aliphatic rings. The highest BCUT2D eigenvalue weighted by molar-refractivity contribution is 7.22. The van der Waals surface area contributed by atoms with Crippen molar-refractivity contribution in [2.24, 2.45) is 0 Å². The molecule has 4 aromatic rings. The zero-order valence-electron chi connectivity index (χ0n) is 12.4. The molecule has 0 bridgehead atoms. The monoisotopic (exact) mass is 319 g/mol. The highest BCUT2D eigenvalue weighted by Gasteiger charge is 2.20. The number of carboxylic acids is 1. The number of aromatic nitrogens is 1. The van der Waals surface area contributed by atoms with Gasteiger partial charge in [-0.25, -0.2) is 4.79 Å². The molecule has 4 rings (SSSR count). The fourth-order valence-electron chi connectivity index (χ4n) is 2.89. The van der Waals surface area contributed by atoms with Gasteiger partial charge in [-0.2, -0.15) is 0 Å². The Labute approximate surface area is 136 Å². The largest absolute Gasteiger partial charge is 0.477 e. The van der Waals surface area contributed by atoms with Crippen LogP contribution >= 0.6 is 11.3 Å². The number of aromatic carboxylic acids is 1. The summed E-state index contributed by atoms with van der Waals surface area (Å²) in [7, 11) is 0. The van der Waals surface area contributed by atoms with E-state index < -0.39 is 5.97 Å². The molecular formula is C19H13NO2S. The molecule has 0 saturated heterocycles. The summed E-state index contributed by atoms with van der Waals surface area (Å²) in [5.41, 5.74) is 3.69. The predicted octanol–water partition coefficient (Wildman–Crippen LogP) is 5.12. The van der Waals surface area contributed by atoms with E-state index in [2.05, 4.69) is 11.1 Å². The summed E-state index contributed by atoms with van der Waals surface area (Å²) in [6, 6.07) is 15.7. The average molecular weight is 319 g/mol. The summed E-state index contributed by atoms with van der Waals surface area (Å²) in [5, 5.41) is 11.6. The number of carbonyl (C=O) groups is 1. The fourth-order valence-corrected chi connectivity index (χ4v) is 4.05. The first kappa shape index (κ1) is 13.9. The summed E-state index contributed by atoms with van der Waals surface area (Å²) < 4.78 is 0.981. The number of nitrogens with zero attached hydrogens (tertiary/aromatic N) is 1. The van der Waals surface area contributed by atoms with Gasteiger partial charge in [-0.15, -0.1) is 11.3 Å². The van der Waals surface area contributed by atoms with Crippen LogP contribution in [0, 0.1) is 6.92 Å². The maximum absolute atomic E-state index is 11.8. The van der Waals surface area contributed by atoms with E-state index in [9.17, 15) is 9.90 Å². The number of thiophene rings is 1. The number of rotatable bonds is 2. The molecule has 0 aliphatic carbocycles. The molecule has 23 heavy (non-hydrogen) atoms. The summed E-state index contributed by atoms with van der Waals surface area (Å²) in [4.78, 5) is 16.6. The zero-order chi connectivity index (χ0) is 16.0. The Morgan fingerprint density at radius 1 is 1.09 bits per heavy atom. The normalized spacial score (nSPS) is 11.2. The van der Waals surface area contributed by atoms with Gasteiger partial charge in [0, 0.05) is 27.2 Å². The van der Waals surface area contributed by atoms with Crippen LogP contribution in [-0.2, 0) is 0 Å². The van der Waals surface area contributed by atoms with Crippen molar-refractivity contribution in [1.82, 2.24) is 4.98 Å². The van der Waals surface area contributed by atoms with Crippen molar-refractivity contribution in [1.29, 1.82) is 0 Å². The van der Waals surface area contributed by atoms with Crippen molar-refractivity contribution in [2.75, 3.05) is 0 Å². The van der Waals surface area contributed by atoms with E-state index in [1.807, 2.05) is 49.4 Å². The van der Waals surface area contributed by atoms with E-state index in [0.717, 1.165) is 37.7 Å². The Hall–Kier alpha value is -2.72. The highest BCUT2D eigenvalue weighted by atomic mass is 32.1. The van der Waals surface area contributed by atoms with E-state index in [-0.39, 0.29) is 0 Å². The second-order valence-corrected chi connectivity index (χ2v) is 6.52. The molecule has 0 saturated carbocycles. The van der Waals surface area contributed by atoms with Gasteiger partial charge in [-0.3, -0.25) is 4.98 Å². The van der Waals surface area contributed by atoms with Gasteiger partial charge < -0.3 is 5.11 Å². The van der Waals surface area contributed by atoms with Gasteiger partial charge in [0.25, 0.3) is 0 Å². The van der Waals surface area contributed by atoms with Crippen LogP contribution in [0.1, 0.15) is 15.2 Å². The van der Waals surface area contributed by atoms with Crippen LogP contribution in [0.4, 0.5) is 0 Å². The first-order valence-corrected chi connectivity index (χ1v) is 8.07. The molecule has 2 aromatic heterocycles. The van der Waals surface area contributed by atoms with Gasteiger partial charge in [0.15, 0.2) is 0 Å². The lowest BCUT2D eigenvalue weighted by Crippen LogP contribution is -1.94. The minimum Gasteiger partial charge on any atom is -0.477 e. The second kappa shape index (κ2) is 5.18. The first-order chi connectivity index (χ1) is 11.1. The Kier molecular flexibility index (Phi) is 3.13. The number of hydrogen-bond donors (Lipinski definition) is 1. The molecule has 0 unspecified atom stereocenters. The van der Waals surface area contributed by atoms with E-state index in [0.29, 0.717) is 4.88 Å². The number of carboxylic acid groups (broad SMARTS) is 1. The smallest absolute Gasteiger partial charge is 0.346 e. The maximum Gasteiger partial charge on any atom is 0.346 e. The molecular weight excluding hydrogens is 306 g/mol. The van der Waals surface area contributed by atoms with Crippen molar-refractivity contribution in [2.45, 2.75) is 6.92 Å². The predicted molar refractivity (Wildman–Crippen MR) is 94.3 cm³/mol. The molecule has 112 valence electrons. The number of pyridine rings is 1. The zero-order valence-corrected chi connectivity index (χ0v) is 13.2. The van der Waals surface area contributed by atoms with Crippen LogP contribution in [0.15, 0.2) is 54.7 Å².